The van der Waals surface area contributed by atoms with Gasteiger partial charge in [-0.25, -0.2) is 8.42 Å². The summed E-state index contributed by atoms with van der Waals surface area (Å²) in [6.45, 7) is 6.32. The minimum Gasteiger partial charge on any atom is -0.329 e. The number of nitrogens with zero attached hydrogens (tertiary/aromatic N) is 3. The molecule has 0 unspecified atom stereocenters. The normalized spacial score (nSPS) is 13.2. The van der Waals surface area contributed by atoms with Crippen LogP contribution >= 0.6 is 0 Å². The van der Waals surface area contributed by atoms with Gasteiger partial charge < -0.3 is 5.73 Å². The summed E-state index contributed by atoms with van der Waals surface area (Å²) in [5.74, 6) is 0. The molecule has 0 aromatic carbocycles. The van der Waals surface area contributed by atoms with E-state index in [4.69, 9.17) is 5.73 Å². The third kappa shape index (κ3) is 2.90. The molecular weight excluding hydrogens is 252 g/mol. The van der Waals surface area contributed by atoms with Crippen molar-refractivity contribution in [3.05, 3.63) is 12.4 Å². The first kappa shape index (κ1) is 15.1. The third-order valence-electron chi connectivity index (χ3n) is 2.87. The number of hydrogen-bond donors (Lipinski definition) is 1. The van der Waals surface area contributed by atoms with E-state index in [0.717, 1.165) is 6.42 Å². The highest BCUT2D eigenvalue weighted by Crippen LogP contribution is 2.23. The maximum Gasteiger partial charge on any atom is 0.246 e. The Balaban J connectivity index is 3.21. The molecule has 0 aliphatic rings. The second-order valence-electron chi connectivity index (χ2n) is 4.94. The maximum atomic E-state index is 12.6. The Kier molecular flexibility index (Phi) is 4.52. The highest BCUT2D eigenvalue weighted by Gasteiger charge is 2.36. The summed E-state index contributed by atoms with van der Waals surface area (Å²) in [4.78, 5) is 0.208. The van der Waals surface area contributed by atoms with E-state index in [0.29, 0.717) is 6.54 Å². The summed E-state index contributed by atoms with van der Waals surface area (Å²) in [7, 11) is -1.85. The fourth-order valence-electron chi connectivity index (χ4n) is 1.71. The molecule has 1 aromatic rings. The molecule has 0 bridgehead atoms. The molecule has 1 rings (SSSR count). The van der Waals surface area contributed by atoms with Gasteiger partial charge in [-0.15, -0.1) is 0 Å². The summed E-state index contributed by atoms with van der Waals surface area (Å²) < 4.78 is 28.1. The minimum atomic E-state index is -3.54. The Morgan fingerprint density at radius 3 is 2.50 bits per heavy atom. The van der Waals surface area contributed by atoms with Crippen molar-refractivity contribution >= 4 is 10.0 Å². The van der Waals surface area contributed by atoms with Gasteiger partial charge in [0.2, 0.25) is 10.0 Å². The average Bonchev–Trinajstić information content (AvgIpc) is 2.73. The fraction of sp³-hybridized carbons (Fsp3) is 0.727. The molecule has 1 heterocycles. The van der Waals surface area contributed by atoms with E-state index in [-0.39, 0.29) is 11.4 Å². The van der Waals surface area contributed by atoms with Crippen LogP contribution in [0.3, 0.4) is 0 Å². The molecule has 0 aliphatic heterocycles. The van der Waals surface area contributed by atoms with Crippen molar-refractivity contribution in [2.75, 3.05) is 13.1 Å². The highest BCUT2D eigenvalue weighted by atomic mass is 32.2. The molecule has 7 heteroatoms. The van der Waals surface area contributed by atoms with E-state index < -0.39 is 15.6 Å². The van der Waals surface area contributed by atoms with Crippen LogP contribution in [0.1, 0.15) is 27.2 Å². The number of aryl methyl sites for hydroxylation is 1. The molecule has 1 aromatic heterocycles. The predicted molar refractivity (Wildman–Crippen MR) is 70.5 cm³/mol. The summed E-state index contributed by atoms with van der Waals surface area (Å²) >= 11 is 0. The average molecular weight is 274 g/mol. The molecule has 0 saturated heterocycles. The SMILES string of the molecule is CCCN(C(C)(C)CN)S(=O)(=O)c1cnn(C)c1. The molecule has 0 radical (unpaired) electrons. The molecule has 104 valence electrons. The first-order valence-corrected chi connectivity index (χ1v) is 7.41. The lowest BCUT2D eigenvalue weighted by Crippen LogP contribution is -2.52. The number of hydrogen-bond acceptors (Lipinski definition) is 4. The van der Waals surface area contributed by atoms with Gasteiger partial charge in [-0.2, -0.15) is 9.40 Å². The summed E-state index contributed by atoms with van der Waals surface area (Å²) in [5.41, 5.74) is 5.08. The summed E-state index contributed by atoms with van der Waals surface area (Å²) in [6.07, 6.45) is 3.61. The second kappa shape index (κ2) is 5.38. The van der Waals surface area contributed by atoms with Gasteiger partial charge in [-0.05, 0) is 20.3 Å². The minimum absolute atomic E-state index is 0.208. The molecule has 0 spiro atoms. The predicted octanol–water partition coefficient (Wildman–Crippen LogP) is 0.558. The number of nitrogens with two attached hydrogens (primary N) is 1. The molecule has 18 heavy (non-hydrogen) atoms. The molecule has 0 amide bonds. The van der Waals surface area contributed by atoms with Crippen LogP contribution in [0.2, 0.25) is 0 Å². The van der Waals surface area contributed by atoms with E-state index >= 15 is 0 Å². The van der Waals surface area contributed by atoms with Gasteiger partial charge in [-0.1, -0.05) is 6.92 Å². The van der Waals surface area contributed by atoms with Gasteiger partial charge in [0.05, 0.1) is 6.20 Å². The molecule has 0 atom stereocenters. The zero-order valence-electron chi connectivity index (χ0n) is 11.4. The van der Waals surface area contributed by atoms with Crippen molar-refractivity contribution in [3.63, 3.8) is 0 Å². The van der Waals surface area contributed by atoms with Crippen molar-refractivity contribution in [3.8, 4) is 0 Å². The largest absolute Gasteiger partial charge is 0.329 e. The van der Waals surface area contributed by atoms with E-state index in [9.17, 15) is 8.42 Å². The van der Waals surface area contributed by atoms with Gasteiger partial charge in [0.1, 0.15) is 4.90 Å². The van der Waals surface area contributed by atoms with Crippen molar-refractivity contribution in [1.82, 2.24) is 14.1 Å². The van der Waals surface area contributed by atoms with Gasteiger partial charge >= 0.3 is 0 Å². The lowest BCUT2D eigenvalue weighted by Gasteiger charge is -2.36. The summed E-state index contributed by atoms with van der Waals surface area (Å²) in [5, 5.41) is 3.91. The van der Waals surface area contributed by atoms with Crippen LogP contribution in [0.5, 0.6) is 0 Å². The smallest absolute Gasteiger partial charge is 0.246 e. The van der Waals surface area contributed by atoms with Crippen LogP contribution in [0.15, 0.2) is 17.3 Å². The van der Waals surface area contributed by atoms with Crippen LogP contribution < -0.4 is 5.73 Å². The van der Waals surface area contributed by atoms with Crippen LogP contribution in [0.4, 0.5) is 0 Å². The topological polar surface area (TPSA) is 81.2 Å². The monoisotopic (exact) mass is 274 g/mol. The molecular formula is C11H22N4O2S. The van der Waals surface area contributed by atoms with E-state index in [1.54, 1.807) is 7.05 Å². The van der Waals surface area contributed by atoms with Gasteiger partial charge in [-0.3, -0.25) is 4.68 Å². The van der Waals surface area contributed by atoms with Crippen molar-refractivity contribution in [2.45, 2.75) is 37.6 Å². The Labute approximate surface area is 109 Å². The van der Waals surface area contributed by atoms with Crippen LogP contribution in [-0.4, -0.2) is 41.1 Å². The number of sulfonamides is 1. The molecule has 0 fully saturated rings. The Morgan fingerprint density at radius 1 is 1.50 bits per heavy atom. The van der Waals surface area contributed by atoms with Crippen molar-refractivity contribution < 1.29 is 8.42 Å². The molecule has 0 aliphatic carbocycles. The van der Waals surface area contributed by atoms with Crippen LogP contribution in [0, 0.1) is 0 Å². The Morgan fingerprint density at radius 2 is 2.11 bits per heavy atom. The summed E-state index contributed by atoms with van der Waals surface area (Å²) in [6, 6.07) is 0. The zero-order valence-corrected chi connectivity index (χ0v) is 12.2. The highest BCUT2D eigenvalue weighted by molar-refractivity contribution is 7.89. The van der Waals surface area contributed by atoms with E-state index in [1.807, 2.05) is 20.8 Å². The fourth-order valence-corrected chi connectivity index (χ4v) is 3.58. The van der Waals surface area contributed by atoms with E-state index in [2.05, 4.69) is 5.10 Å². The van der Waals surface area contributed by atoms with Crippen molar-refractivity contribution in [2.24, 2.45) is 12.8 Å². The standard InChI is InChI=1S/C11H22N4O2S/c1-5-6-15(11(2,3)9-12)18(16,17)10-7-13-14(4)8-10/h7-8H,5-6,9,12H2,1-4H3. The van der Waals surface area contributed by atoms with Crippen molar-refractivity contribution in [1.29, 1.82) is 0 Å². The lowest BCUT2D eigenvalue weighted by atomic mass is 10.1. The molecule has 6 nitrogen and oxygen atoms in total. The maximum absolute atomic E-state index is 12.6. The van der Waals surface area contributed by atoms with Gasteiger partial charge in [0.25, 0.3) is 0 Å². The first-order valence-electron chi connectivity index (χ1n) is 5.97. The number of aromatic nitrogens is 2. The van der Waals surface area contributed by atoms with Crippen LogP contribution in [-0.2, 0) is 17.1 Å². The van der Waals surface area contributed by atoms with E-state index in [1.165, 1.54) is 21.4 Å². The third-order valence-corrected chi connectivity index (χ3v) is 4.93. The molecule has 2 N–H and O–H groups in total. The number of rotatable bonds is 6. The molecule has 0 saturated carbocycles. The Bertz CT molecular complexity index is 493. The van der Waals surface area contributed by atoms with Gasteiger partial charge in [0.15, 0.2) is 0 Å². The second-order valence-corrected chi connectivity index (χ2v) is 6.81. The lowest BCUT2D eigenvalue weighted by molar-refractivity contribution is 0.235. The quantitative estimate of drug-likeness (QED) is 0.821. The zero-order chi connectivity index (χ0) is 14.0. The Hall–Kier alpha value is -0.920. The first-order chi connectivity index (χ1) is 8.25. The van der Waals surface area contributed by atoms with Crippen LogP contribution in [0.25, 0.3) is 0 Å². The van der Waals surface area contributed by atoms with Gasteiger partial charge in [0, 0.05) is 31.9 Å².